The van der Waals surface area contributed by atoms with Crippen molar-refractivity contribution in [3.8, 4) is 0 Å². The van der Waals surface area contributed by atoms with E-state index in [4.69, 9.17) is 15.3 Å². The van der Waals surface area contributed by atoms with Crippen molar-refractivity contribution in [2.24, 2.45) is 0 Å². The highest BCUT2D eigenvalue weighted by Gasteiger charge is 2.20. The lowest BCUT2D eigenvalue weighted by atomic mass is 10.4. The molecule has 0 aliphatic carbocycles. The molecule has 0 atom stereocenters. The highest BCUT2D eigenvalue weighted by atomic mass is 16.4. The van der Waals surface area contributed by atoms with Crippen molar-refractivity contribution in [1.29, 1.82) is 0 Å². The predicted molar refractivity (Wildman–Crippen MR) is 381 cm³/mol. The average Bonchev–Trinajstić information content (AvgIpc) is 4.42. The molecule has 552 valence electrons. The van der Waals surface area contributed by atoms with Gasteiger partial charge in [0, 0.05) is 353 Å². The molecule has 0 radical (unpaired) electrons. The summed E-state index contributed by atoms with van der Waals surface area (Å²) in [6.07, 6.45) is 0. The molecule has 9 aliphatic rings. The number of aliphatic carboxylic acids is 3. The van der Waals surface area contributed by atoms with Gasteiger partial charge in [-0.2, -0.15) is 0 Å². The Morgan fingerprint density at radius 3 is 0.280 bits per heavy atom. The molecule has 27 N–H and O–H groups in total. The first kappa shape index (κ1) is 88.3. The Hall–Kier alpha value is -2.67. The van der Waals surface area contributed by atoms with E-state index in [1.165, 1.54) is 0 Å². The fourth-order valence-corrected chi connectivity index (χ4v) is 9.47. The summed E-state index contributed by atoms with van der Waals surface area (Å²) in [7, 11) is 0. The van der Waals surface area contributed by atoms with Gasteiger partial charge in [0.1, 0.15) is 0 Å². The topological polar surface area (TPSA) is 410 Å². The summed E-state index contributed by atoms with van der Waals surface area (Å²) < 4.78 is 0. The summed E-state index contributed by atoms with van der Waals surface area (Å²) in [5.74, 6) is -2.86. The molecule has 0 unspecified atom stereocenters. The lowest BCUT2D eigenvalue weighted by molar-refractivity contribution is -0.140. The second-order valence-corrected chi connectivity index (χ2v) is 23.0. The first-order valence-electron chi connectivity index (χ1n) is 35.7. The molecule has 9 aliphatic heterocycles. The smallest absolute Gasteiger partial charge is 0.317 e. The number of carboxylic acid groups (broad SMARTS) is 3. The van der Waals surface area contributed by atoms with E-state index in [2.05, 4.69) is 128 Å². The van der Waals surface area contributed by atoms with Crippen molar-refractivity contribution in [3.63, 3.8) is 0 Å². The van der Waals surface area contributed by atoms with E-state index in [1.807, 2.05) is 0 Å². The Morgan fingerprint density at radius 2 is 0.226 bits per heavy atom. The molecule has 0 aromatic heterocycles. The van der Waals surface area contributed by atoms with Gasteiger partial charge in [-0.25, -0.2) is 0 Å². The second kappa shape index (κ2) is 75.1. The number of carbonyl (C=O) groups is 3. The van der Waals surface area contributed by atoms with Crippen LogP contribution in [0.3, 0.4) is 0 Å². The van der Waals surface area contributed by atoms with Gasteiger partial charge >= 0.3 is 17.9 Å². The highest BCUT2D eigenvalue weighted by Crippen LogP contribution is 2.01. The van der Waals surface area contributed by atoms with Gasteiger partial charge in [-0.15, -0.1) is 0 Å². The summed E-state index contributed by atoms with van der Waals surface area (Å²) in [4.78, 5) is 37.5. The largest absolute Gasteiger partial charge is 0.480 e. The number of nitrogens with one attached hydrogen (secondary N) is 24. The molecule has 33 nitrogen and oxygen atoms in total. The van der Waals surface area contributed by atoms with E-state index >= 15 is 0 Å². The highest BCUT2D eigenvalue weighted by molar-refractivity contribution is 5.70. The Kier molecular flexibility index (Phi) is 71.3. The van der Waals surface area contributed by atoms with Crippen LogP contribution in [0.4, 0.5) is 0 Å². The lowest BCUT2D eigenvalue weighted by Gasteiger charge is -2.23. The van der Waals surface area contributed by atoms with E-state index in [0.29, 0.717) is 39.3 Å². The molecule has 93 heavy (non-hydrogen) atoms. The van der Waals surface area contributed by atoms with Crippen LogP contribution in [-0.4, -0.2) is 421 Å². The Bertz CT molecular complexity index is 1040. The van der Waals surface area contributed by atoms with Gasteiger partial charge in [-0.3, -0.25) is 29.1 Å². The molecule has 0 bridgehead atoms. The second-order valence-electron chi connectivity index (χ2n) is 23.0. The summed E-state index contributed by atoms with van der Waals surface area (Å²) in [6, 6.07) is 0. The van der Waals surface area contributed by atoms with Crippen LogP contribution < -0.4 is 128 Å². The number of carboxylic acids is 3. The van der Waals surface area contributed by atoms with Gasteiger partial charge in [0.2, 0.25) is 0 Å². The standard InChI is InChI=1S/C12H21N3O6.8C6H15N3/c16-10(17)7-13-1-2-14(8-11(18)19)5-6-15(4-3-13)9-12(20)21;8*1-2-8-5-6-9-4-3-7-1/h1-9H2,(H,16,17)(H,18,19)(H,20,21);8*7-9H,1-6H2. The Morgan fingerprint density at radius 1 is 0.161 bits per heavy atom. The van der Waals surface area contributed by atoms with Crippen LogP contribution in [0.25, 0.3) is 0 Å². The van der Waals surface area contributed by atoms with Crippen molar-refractivity contribution < 1.29 is 29.7 Å². The van der Waals surface area contributed by atoms with Crippen molar-refractivity contribution in [1.82, 2.24) is 142 Å². The van der Waals surface area contributed by atoms with Crippen molar-refractivity contribution in [2.75, 3.05) is 373 Å². The van der Waals surface area contributed by atoms with Crippen LogP contribution in [0.1, 0.15) is 0 Å². The van der Waals surface area contributed by atoms with Crippen molar-refractivity contribution in [3.05, 3.63) is 0 Å². The molecule has 0 aromatic carbocycles. The summed E-state index contributed by atoms with van der Waals surface area (Å²) in [6.45, 7) is 55.0. The zero-order valence-corrected chi connectivity index (χ0v) is 57.7. The monoisotopic (exact) mass is 1340 g/mol. The van der Waals surface area contributed by atoms with E-state index in [-0.39, 0.29) is 19.6 Å². The van der Waals surface area contributed by atoms with Crippen LogP contribution in [0.15, 0.2) is 0 Å². The van der Waals surface area contributed by atoms with Crippen LogP contribution in [0, 0.1) is 0 Å². The molecule has 9 rings (SSSR count). The zero-order valence-electron chi connectivity index (χ0n) is 57.7. The number of rotatable bonds is 6. The number of hydrogen-bond acceptors (Lipinski definition) is 30. The minimum Gasteiger partial charge on any atom is -0.480 e. The maximum atomic E-state index is 10.8. The maximum Gasteiger partial charge on any atom is 0.317 e. The SMILES string of the molecule is C1CNCCNCCN1.C1CNCCNCCN1.C1CNCCNCCN1.C1CNCCNCCN1.C1CNCCNCCN1.C1CNCCNCCN1.C1CNCCNCCN1.C1CNCCNCCN1.O=C(O)CN1CCN(CC(=O)O)CCN(CC(=O)O)CC1. The lowest BCUT2D eigenvalue weighted by Crippen LogP contribution is -2.40. The number of nitrogens with zero attached hydrogens (tertiary/aromatic N) is 3. The van der Waals surface area contributed by atoms with Crippen LogP contribution in [-0.2, 0) is 14.4 Å². The zero-order chi connectivity index (χ0) is 66.7. The molecular weight excluding hydrogens is 1190 g/mol. The van der Waals surface area contributed by atoms with Crippen molar-refractivity contribution >= 4 is 17.9 Å². The third kappa shape index (κ3) is 73.4. The molecule has 9 fully saturated rings. The van der Waals surface area contributed by atoms with Gasteiger partial charge in [-0.05, 0) is 0 Å². The molecule has 9 saturated heterocycles. The maximum absolute atomic E-state index is 10.8. The minimum atomic E-state index is -0.955. The molecular formula is C60H141N27O6. The predicted octanol–water partition coefficient (Wildman–Crippen LogP) is -11.7. The van der Waals surface area contributed by atoms with E-state index in [1.54, 1.807) is 14.7 Å². The van der Waals surface area contributed by atoms with Gasteiger partial charge in [0.15, 0.2) is 0 Å². The quantitative estimate of drug-likeness (QED) is 0.117. The fraction of sp³-hybridized carbons (Fsp3) is 0.950. The Labute approximate surface area is 561 Å². The minimum absolute atomic E-state index is 0.137. The third-order valence-corrected chi connectivity index (χ3v) is 14.8. The Balaban J connectivity index is 0.000000534. The van der Waals surface area contributed by atoms with Crippen molar-refractivity contribution in [2.45, 2.75) is 0 Å². The molecule has 9 heterocycles. The van der Waals surface area contributed by atoms with Gasteiger partial charge < -0.3 is 143 Å². The summed E-state index contributed by atoms with van der Waals surface area (Å²) in [5, 5.41) is 106. The van der Waals surface area contributed by atoms with Crippen LogP contribution in [0.5, 0.6) is 0 Å². The van der Waals surface area contributed by atoms with Gasteiger partial charge in [-0.1, -0.05) is 0 Å². The molecule has 33 heteroatoms. The van der Waals surface area contributed by atoms with E-state index in [9.17, 15) is 14.4 Å². The van der Waals surface area contributed by atoms with E-state index < -0.39 is 17.9 Å². The number of hydrogen-bond donors (Lipinski definition) is 27. The first-order chi connectivity index (χ1) is 45.9. The average molecular weight is 1340 g/mol. The normalized spacial score (nSPS) is 23.0. The molecule has 0 saturated carbocycles. The molecule has 0 aromatic rings. The van der Waals surface area contributed by atoms with Crippen LogP contribution in [0.2, 0.25) is 0 Å². The first-order valence-corrected chi connectivity index (χ1v) is 35.7. The summed E-state index contributed by atoms with van der Waals surface area (Å²) in [5.41, 5.74) is 0. The van der Waals surface area contributed by atoms with E-state index in [0.717, 1.165) is 314 Å². The van der Waals surface area contributed by atoms with Gasteiger partial charge in [0.25, 0.3) is 0 Å². The fourth-order valence-electron chi connectivity index (χ4n) is 9.47. The third-order valence-electron chi connectivity index (χ3n) is 14.8. The van der Waals surface area contributed by atoms with Gasteiger partial charge in [0.05, 0.1) is 19.6 Å². The molecule has 0 amide bonds. The summed E-state index contributed by atoms with van der Waals surface area (Å²) >= 11 is 0. The van der Waals surface area contributed by atoms with Crippen LogP contribution >= 0.6 is 0 Å². The molecule has 0 spiro atoms.